The van der Waals surface area contributed by atoms with Crippen molar-refractivity contribution in [3.8, 4) is 11.1 Å². The second-order valence-corrected chi connectivity index (χ2v) is 8.93. The minimum Gasteiger partial charge on any atom is -0.473 e. The lowest BCUT2D eigenvalue weighted by Gasteiger charge is -2.21. The highest BCUT2D eigenvalue weighted by molar-refractivity contribution is 6.30. The van der Waals surface area contributed by atoms with Crippen LogP contribution in [0, 0.1) is 0 Å². The third kappa shape index (κ3) is 5.13. The molecule has 0 bridgehead atoms. The highest BCUT2D eigenvalue weighted by atomic mass is 35.5. The van der Waals surface area contributed by atoms with Crippen LogP contribution in [0.1, 0.15) is 17.2 Å². The molecule has 0 spiro atoms. The van der Waals surface area contributed by atoms with E-state index in [1.807, 2.05) is 67.1 Å². The lowest BCUT2D eigenvalue weighted by molar-refractivity contribution is -0.159. The van der Waals surface area contributed by atoms with Gasteiger partial charge in [-0.15, -0.1) is 0 Å². The number of imidazole rings is 1. The van der Waals surface area contributed by atoms with E-state index in [1.165, 1.54) is 0 Å². The molecule has 6 aromatic rings. The van der Waals surface area contributed by atoms with Crippen LogP contribution in [-0.4, -0.2) is 46.3 Å². The van der Waals surface area contributed by atoms with Crippen molar-refractivity contribution >= 4 is 40.1 Å². The SMILES string of the molecule is O=C(O)C(=O)O.O=c1[nH]nc2cc(-c3ccccc3)c3cc(C(c4ccc(Cl)cc4)n4ccnc4)ccc3n12. The van der Waals surface area contributed by atoms with E-state index in [0.29, 0.717) is 10.7 Å². The number of carboxylic acids is 2. The van der Waals surface area contributed by atoms with E-state index in [4.69, 9.17) is 31.4 Å². The smallest absolute Gasteiger partial charge is 0.414 e. The number of carboxylic acid groups (broad SMARTS) is 2. The van der Waals surface area contributed by atoms with Crippen molar-refractivity contribution in [2.24, 2.45) is 0 Å². The summed E-state index contributed by atoms with van der Waals surface area (Å²) in [5.74, 6) is -3.65. The number of hydrogen-bond acceptors (Lipinski definition) is 5. The van der Waals surface area contributed by atoms with Crippen molar-refractivity contribution in [1.29, 1.82) is 0 Å². The van der Waals surface area contributed by atoms with Gasteiger partial charge in [0.25, 0.3) is 0 Å². The summed E-state index contributed by atoms with van der Waals surface area (Å²) in [6.45, 7) is 0. The average molecular weight is 542 g/mol. The van der Waals surface area contributed by atoms with Gasteiger partial charge in [-0.3, -0.25) is 0 Å². The van der Waals surface area contributed by atoms with Gasteiger partial charge in [0.1, 0.15) is 0 Å². The first kappa shape index (κ1) is 25.4. The van der Waals surface area contributed by atoms with Gasteiger partial charge in [-0.05, 0) is 52.6 Å². The van der Waals surface area contributed by atoms with Crippen molar-refractivity contribution in [2.45, 2.75) is 6.04 Å². The van der Waals surface area contributed by atoms with Crippen molar-refractivity contribution in [3.63, 3.8) is 0 Å². The lowest BCUT2D eigenvalue weighted by Crippen LogP contribution is -2.12. The minimum absolute atomic E-state index is 0.102. The quantitative estimate of drug-likeness (QED) is 0.279. The predicted octanol–water partition coefficient (Wildman–Crippen LogP) is 4.49. The number of carbonyl (C=O) groups is 2. The molecule has 3 aromatic heterocycles. The molecule has 39 heavy (non-hydrogen) atoms. The Morgan fingerprint density at radius 3 is 2.23 bits per heavy atom. The second kappa shape index (κ2) is 10.6. The molecule has 10 nitrogen and oxygen atoms in total. The van der Waals surface area contributed by atoms with Gasteiger partial charge in [-0.1, -0.05) is 60.1 Å². The molecule has 3 N–H and O–H groups in total. The number of aromatic nitrogens is 5. The number of halogens is 1. The first-order chi connectivity index (χ1) is 18.8. The molecule has 0 aliphatic carbocycles. The number of aliphatic carboxylic acids is 2. The van der Waals surface area contributed by atoms with E-state index in [1.54, 1.807) is 10.6 Å². The van der Waals surface area contributed by atoms with E-state index in [0.717, 1.165) is 33.2 Å². The maximum Gasteiger partial charge on any atom is 0.414 e. The fourth-order valence-corrected chi connectivity index (χ4v) is 4.57. The molecule has 0 amide bonds. The summed E-state index contributed by atoms with van der Waals surface area (Å²) in [6, 6.07) is 26.0. The van der Waals surface area contributed by atoms with Gasteiger partial charge >= 0.3 is 17.6 Å². The third-order valence-corrected chi connectivity index (χ3v) is 6.37. The fourth-order valence-electron chi connectivity index (χ4n) is 4.44. The largest absolute Gasteiger partial charge is 0.473 e. The number of nitrogens with zero attached hydrogens (tertiary/aromatic N) is 4. The zero-order valence-corrected chi connectivity index (χ0v) is 20.9. The number of H-pyrrole nitrogens is 1. The van der Waals surface area contributed by atoms with E-state index < -0.39 is 11.9 Å². The lowest BCUT2D eigenvalue weighted by atomic mass is 9.94. The number of rotatable bonds is 4. The number of fused-ring (bicyclic) bond motifs is 3. The zero-order chi connectivity index (χ0) is 27.5. The average Bonchev–Trinajstić information content (AvgIpc) is 3.60. The minimum atomic E-state index is -1.82. The molecule has 0 aliphatic heterocycles. The van der Waals surface area contributed by atoms with Gasteiger partial charge < -0.3 is 14.8 Å². The Morgan fingerprint density at radius 1 is 0.897 bits per heavy atom. The van der Waals surface area contributed by atoms with E-state index in [-0.39, 0.29) is 11.7 Å². The van der Waals surface area contributed by atoms with Crippen molar-refractivity contribution in [2.75, 3.05) is 0 Å². The van der Waals surface area contributed by atoms with Crippen LogP contribution in [0.3, 0.4) is 0 Å². The maximum absolute atomic E-state index is 12.5. The maximum atomic E-state index is 12.5. The monoisotopic (exact) mass is 541 g/mol. The Morgan fingerprint density at radius 2 is 1.59 bits per heavy atom. The molecule has 0 saturated carbocycles. The summed E-state index contributed by atoms with van der Waals surface area (Å²) in [5.41, 5.74) is 5.35. The zero-order valence-electron chi connectivity index (χ0n) is 20.1. The number of benzene rings is 3. The van der Waals surface area contributed by atoms with Crippen molar-refractivity contribution in [3.05, 3.63) is 124 Å². The van der Waals surface area contributed by atoms with Crippen molar-refractivity contribution in [1.82, 2.24) is 24.1 Å². The van der Waals surface area contributed by atoms with E-state index >= 15 is 0 Å². The van der Waals surface area contributed by atoms with Gasteiger partial charge in [-0.25, -0.2) is 28.9 Å². The summed E-state index contributed by atoms with van der Waals surface area (Å²) in [5, 5.41) is 23.2. The Kier molecular flexibility index (Phi) is 6.94. The molecule has 3 heterocycles. The Hall–Kier alpha value is -5.22. The van der Waals surface area contributed by atoms with Crippen LogP contribution in [0.15, 0.2) is 102 Å². The third-order valence-electron chi connectivity index (χ3n) is 6.12. The van der Waals surface area contributed by atoms with Crippen LogP contribution < -0.4 is 5.69 Å². The van der Waals surface area contributed by atoms with Gasteiger partial charge in [-0.2, -0.15) is 5.10 Å². The second-order valence-electron chi connectivity index (χ2n) is 8.50. The fraction of sp³-hybridized carbons (Fsp3) is 0.0357. The molecular weight excluding hydrogens is 522 g/mol. The molecular formula is C28H20ClN5O5. The van der Waals surface area contributed by atoms with Crippen LogP contribution in [0.25, 0.3) is 27.7 Å². The molecule has 1 unspecified atom stereocenters. The summed E-state index contributed by atoms with van der Waals surface area (Å²) in [4.78, 5) is 35.0. The highest BCUT2D eigenvalue weighted by Gasteiger charge is 2.19. The summed E-state index contributed by atoms with van der Waals surface area (Å²) in [6.07, 6.45) is 5.53. The van der Waals surface area contributed by atoms with Crippen LogP contribution in [0.5, 0.6) is 0 Å². The molecule has 0 aliphatic rings. The van der Waals surface area contributed by atoms with Gasteiger partial charge in [0.05, 0.1) is 17.9 Å². The molecule has 0 radical (unpaired) electrons. The first-order valence-electron chi connectivity index (χ1n) is 11.6. The molecule has 194 valence electrons. The van der Waals surface area contributed by atoms with Gasteiger partial charge in [0.2, 0.25) is 0 Å². The van der Waals surface area contributed by atoms with Gasteiger partial charge in [0, 0.05) is 22.8 Å². The number of hydrogen-bond donors (Lipinski definition) is 3. The van der Waals surface area contributed by atoms with Gasteiger partial charge in [0.15, 0.2) is 5.65 Å². The summed E-state index contributed by atoms with van der Waals surface area (Å²) in [7, 11) is 0. The standard InChI is InChI=1S/C26H18ClN5O.C2H2O4/c27-20-9-6-18(7-10-20)25(31-13-12-28-16-31)19-8-11-23-22(14-19)21(17-4-2-1-3-5-17)15-24-29-30-26(33)32(23)24;3-1(4)2(5)6/h1-16,25H,(H,30,33);(H,3,4)(H,5,6). The normalized spacial score (nSPS) is 11.6. The summed E-state index contributed by atoms with van der Waals surface area (Å²) < 4.78 is 3.68. The van der Waals surface area contributed by atoms with Crippen LogP contribution in [0.2, 0.25) is 5.02 Å². The molecule has 11 heteroatoms. The van der Waals surface area contributed by atoms with Crippen LogP contribution in [0.4, 0.5) is 0 Å². The van der Waals surface area contributed by atoms with Crippen molar-refractivity contribution < 1.29 is 19.8 Å². The Bertz CT molecular complexity index is 1830. The Balaban J connectivity index is 0.000000465. The highest BCUT2D eigenvalue weighted by Crippen LogP contribution is 2.34. The Labute approximate surface area is 225 Å². The first-order valence-corrected chi connectivity index (χ1v) is 12.0. The number of pyridine rings is 1. The van der Waals surface area contributed by atoms with Crippen LogP contribution >= 0.6 is 11.6 Å². The molecule has 0 saturated heterocycles. The molecule has 1 atom stereocenters. The molecule has 6 rings (SSSR count). The van der Waals surface area contributed by atoms with E-state index in [9.17, 15) is 4.79 Å². The molecule has 3 aromatic carbocycles. The summed E-state index contributed by atoms with van der Waals surface area (Å²) >= 11 is 6.15. The number of aromatic amines is 1. The topological polar surface area (TPSA) is 143 Å². The number of nitrogens with one attached hydrogen (secondary N) is 1. The molecule has 0 fully saturated rings. The van der Waals surface area contributed by atoms with Crippen LogP contribution in [-0.2, 0) is 9.59 Å². The predicted molar refractivity (Wildman–Crippen MR) is 145 cm³/mol. The van der Waals surface area contributed by atoms with E-state index in [2.05, 4.69) is 44.0 Å².